The lowest BCUT2D eigenvalue weighted by Crippen LogP contribution is -2.22. The summed E-state index contributed by atoms with van der Waals surface area (Å²) in [6.07, 6.45) is 5.86. The highest BCUT2D eigenvalue weighted by atomic mass is 14.9. The molecule has 0 spiro atoms. The summed E-state index contributed by atoms with van der Waals surface area (Å²) in [4.78, 5) is 0. The second kappa shape index (κ2) is 9.24. The minimum absolute atomic E-state index is 0.574. The van der Waals surface area contributed by atoms with Gasteiger partial charge in [-0.15, -0.1) is 0 Å². The third-order valence-electron chi connectivity index (χ3n) is 3.23. The van der Waals surface area contributed by atoms with Gasteiger partial charge in [-0.25, -0.2) is 0 Å². The molecule has 1 unspecified atom stereocenters. The Labute approximate surface area is 115 Å². The molecule has 0 aromatic rings. The Morgan fingerprint density at radius 2 is 1.67 bits per heavy atom. The first-order valence-corrected chi connectivity index (χ1v) is 7.51. The van der Waals surface area contributed by atoms with Gasteiger partial charge in [-0.1, -0.05) is 60.6 Å². The van der Waals surface area contributed by atoms with Gasteiger partial charge in [-0.2, -0.15) is 0 Å². The summed E-state index contributed by atoms with van der Waals surface area (Å²) < 4.78 is 0. The Hall–Kier alpha value is -0.720. The summed E-state index contributed by atoms with van der Waals surface area (Å²) in [5.41, 5.74) is 2.54. The molecule has 0 aliphatic carbocycles. The molecule has 106 valence electrons. The maximum atomic E-state index is 4.30. The Balaban J connectivity index is 4.41. The van der Waals surface area contributed by atoms with Crippen molar-refractivity contribution in [1.82, 2.24) is 5.32 Å². The molecule has 18 heavy (non-hydrogen) atoms. The Morgan fingerprint density at radius 1 is 1.06 bits per heavy atom. The smallest absolute Gasteiger partial charge is 0.0328 e. The standard InChI is InChI=1S/C17H33N/c1-8-9-17(18-12-14(4)5)16(7)15(6)11-10-13(2)3/h9,13-15,18H,7-8,10-12H2,1-6H3/b17-9-. The number of hydrogen-bond acceptors (Lipinski definition) is 1. The van der Waals surface area contributed by atoms with Crippen LogP contribution in [0.5, 0.6) is 0 Å². The lowest BCUT2D eigenvalue weighted by Gasteiger charge is -2.21. The van der Waals surface area contributed by atoms with Crippen LogP contribution < -0.4 is 5.32 Å². The van der Waals surface area contributed by atoms with Crippen LogP contribution in [0.4, 0.5) is 0 Å². The largest absolute Gasteiger partial charge is 0.385 e. The van der Waals surface area contributed by atoms with Crippen molar-refractivity contribution in [3.8, 4) is 0 Å². The number of rotatable bonds is 9. The summed E-state index contributed by atoms with van der Waals surface area (Å²) in [5, 5.41) is 3.55. The molecule has 0 radical (unpaired) electrons. The van der Waals surface area contributed by atoms with Crippen LogP contribution in [0, 0.1) is 17.8 Å². The van der Waals surface area contributed by atoms with Gasteiger partial charge in [0.25, 0.3) is 0 Å². The van der Waals surface area contributed by atoms with Crippen LogP contribution >= 0.6 is 0 Å². The number of hydrogen-bond donors (Lipinski definition) is 1. The van der Waals surface area contributed by atoms with Gasteiger partial charge < -0.3 is 5.32 Å². The van der Waals surface area contributed by atoms with Crippen molar-refractivity contribution in [2.75, 3.05) is 6.54 Å². The molecule has 1 atom stereocenters. The highest BCUT2D eigenvalue weighted by Gasteiger charge is 2.12. The maximum Gasteiger partial charge on any atom is 0.0328 e. The van der Waals surface area contributed by atoms with Crippen LogP contribution in [0.15, 0.2) is 23.9 Å². The van der Waals surface area contributed by atoms with E-state index in [4.69, 9.17) is 0 Å². The van der Waals surface area contributed by atoms with Crippen LogP contribution in [-0.2, 0) is 0 Å². The minimum atomic E-state index is 0.574. The molecule has 0 heterocycles. The van der Waals surface area contributed by atoms with Crippen molar-refractivity contribution < 1.29 is 0 Å². The van der Waals surface area contributed by atoms with E-state index < -0.39 is 0 Å². The first kappa shape index (κ1) is 17.3. The average molecular weight is 251 g/mol. The zero-order valence-electron chi connectivity index (χ0n) is 13.3. The fraction of sp³-hybridized carbons (Fsp3) is 0.765. The second-order valence-electron chi connectivity index (χ2n) is 6.20. The van der Waals surface area contributed by atoms with Gasteiger partial charge in [0.1, 0.15) is 0 Å². The molecule has 0 saturated carbocycles. The third kappa shape index (κ3) is 7.58. The summed E-state index contributed by atoms with van der Waals surface area (Å²) in [7, 11) is 0. The molecule has 1 heteroatoms. The van der Waals surface area contributed by atoms with E-state index >= 15 is 0 Å². The average Bonchev–Trinajstić information content (AvgIpc) is 2.30. The molecule has 0 fully saturated rings. The number of allylic oxidation sites excluding steroid dienone is 2. The Bertz CT molecular complexity index is 261. The molecule has 0 rings (SSSR count). The van der Waals surface area contributed by atoms with E-state index in [1.807, 2.05) is 0 Å². The Kier molecular flexibility index (Phi) is 8.87. The summed E-state index contributed by atoms with van der Waals surface area (Å²) in [6, 6.07) is 0. The first-order valence-electron chi connectivity index (χ1n) is 7.51. The summed E-state index contributed by atoms with van der Waals surface area (Å²) >= 11 is 0. The van der Waals surface area contributed by atoms with Crippen LogP contribution in [0.25, 0.3) is 0 Å². The van der Waals surface area contributed by atoms with E-state index in [0.717, 1.165) is 18.9 Å². The van der Waals surface area contributed by atoms with Crippen LogP contribution in [0.2, 0.25) is 0 Å². The molecule has 0 saturated heterocycles. The molecule has 0 aromatic heterocycles. The van der Waals surface area contributed by atoms with E-state index in [9.17, 15) is 0 Å². The van der Waals surface area contributed by atoms with Crippen molar-refractivity contribution in [3.63, 3.8) is 0 Å². The highest BCUT2D eigenvalue weighted by Crippen LogP contribution is 2.23. The fourth-order valence-corrected chi connectivity index (χ4v) is 1.86. The molecule has 0 aliphatic heterocycles. The number of nitrogens with one attached hydrogen (secondary N) is 1. The van der Waals surface area contributed by atoms with E-state index in [2.05, 4.69) is 59.5 Å². The predicted octanol–water partition coefficient (Wildman–Crippen LogP) is 5.15. The van der Waals surface area contributed by atoms with E-state index in [0.29, 0.717) is 11.8 Å². The second-order valence-corrected chi connectivity index (χ2v) is 6.20. The zero-order chi connectivity index (χ0) is 14.1. The van der Waals surface area contributed by atoms with Gasteiger partial charge in [0, 0.05) is 12.2 Å². The molecule has 0 aromatic carbocycles. The lowest BCUT2D eigenvalue weighted by atomic mass is 9.91. The SMILES string of the molecule is C=C(/C(=C/CC)NCC(C)C)C(C)CCC(C)C. The first-order chi connectivity index (χ1) is 8.38. The minimum Gasteiger partial charge on any atom is -0.385 e. The van der Waals surface area contributed by atoms with Gasteiger partial charge >= 0.3 is 0 Å². The molecule has 0 amide bonds. The molecule has 1 N–H and O–H groups in total. The highest BCUT2D eigenvalue weighted by molar-refractivity contribution is 5.28. The van der Waals surface area contributed by atoms with Gasteiger partial charge in [-0.3, -0.25) is 0 Å². The van der Waals surface area contributed by atoms with E-state index in [1.165, 1.54) is 24.1 Å². The Morgan fingerprint density at radius 3 is 2.11 bits per heavy atom. The van der Waals surface area contributed by atoms with Crippen LogP contribution in [0.3, 0.4) is 0 Å². The third-order valence-corrected chi connectivity index (χ3v) is 3.23. The van der Waals surface area contributed by atoms with Crippen molar-refractivity contribution in [2.45, 2.75) is 60.8 Å². The van der Waals surface area contributed by atoms with Crippen LogP contribution in [-0.4, -0.2) is 6.54 Å². The van der Waals surface area contributed by atoms with Crippen molar-refractivity contribution in [1.29, 1.82) is 0 Å². The van der Waals surface area contributed by atoms with E-state index in [-0.39, 0.29) is 0 Å². The fourth-order valence-electron chi connectivity index (χ4n) is 1.86. The predicted molar refractivity (Wildman–Crippen MR) is 83.6 cm³/mol. The van der Waals surface area contributed by atoms with Gasteiger partial charge in [0.2, 0.25) is 0 Å². The molecule has 1 nitrogen and oxygen atoms in total. The molecular formula is C17H33N. The zero-order valence-corrected chi connectivity index (χ0v) is 13.3. The monoisotopic (exact) mass is 251 g/mol. The quantitative estimate of drug-likeness (QED) is 0.558. The van der Waals surface area contributed by atoms with Crippen molar-refractivity contribution in [3.05, 3.63) is 23.9 Å². The summed E-state index contributed by atoms with van der Waals surface area (Å²) in [5.74, 6) is 2.02. The molecule has 0 aliphatic rings. The van der Waals surface area contributed by atoms with Gasteiger partial charge in [0.05, 0.1) is 0 Å². The topological polar surface area (TPSA) is 12.0 Å². The molecule has 0 bridgehead atoms. The van der Waals surface area contributed by atoms with Gasteiger partial charge in [-0.05, 0) is 36.2 Å². The molecular weight excluding hydrogens is 218 g/mol. The van der Waals surface area contributed by atoms with Gasteiger partial charge in [0.15, 0.2) is 0 Å². The van der Waals surface area contributed by atoms with Crippen molar-refractivity contribution >= 4 is 0 Å². The van der Waals surface area contributed by atoms with Crippen molar-refractivity contribution in [2.24, 2.45) is 17.8 Å². The van der Waals surface area contributed by atoms with E-state index in [1.54, 1.807) is 0 Å². The normalized spacial score (nSPS) is 14.1. The maximum absolute atomic E-state index is 4.30. The lowest BCUT2D eigenvalue weighted by molar-refractivity contribution is 0.486. The summed E-state index contributed by atoms with van der Waals surface area (Å²) in [6.45, 7) is 18.9. The van der Waals surface area contributed by atoms with Crippen LogP contribution in [0.1, 0.15) is 60.8 Å².